The number of carbonyl (C=O) groups is 2. The Morgan fingerprint density at radius 2 is 1.53 bits per heavy atom. The van der Waals surface area contributed by atoms with Crippen LogP contribution in [0.3, 0.4) is 0 Å². The maximum Gasteiger partial charge on any atom is 0.263 e. The number of benzene rings is 2. The first-order valence-electron chi connectivity index (χ1n) is 10.5. The normalized spacial score (nSPS) is 15.6. The van der Waals surface area contributed by atoms with Gasteiger partial charge in [-0.2, -0.15) is 0 Å². The molecule has 0 saturated carbocycles. The number of halogens is 1. The number of hydrogen-bond acceptors (Lipinski definition) is 3. The van der Waals surface area contributed by atoms with Crippen LogP contribution in [0.2, 0.25) is 5.02 Å². The number of ether oxygens (including phenoxy) is 1. The molecule has 1 fully saturated rings. The molecule has 0 bridgehead atoms. The van der Waals surface area contributed by atoms with Gasteiger partial charge in [-0.05, 0) is 55.2 Å². The van der Waals surface area contributed by atoms with Crippen LogP contribution in [0.4, 0.5) is 0 Å². The topological polar surface area (TPSA) is 49.9 Å². The molecule has 1 aliphatic heterocycles. The monoisotopic (exact) mass is 428 g/mol. The van der Waals surface area contributed by atoms with Crippen molar-refractivity contribution in [2.45, 2.75) is 39.2 Å². The zero-order valence-corrected chi connectivity index (χ0v) is 18.6. The molecule has 30 heavy (non-hydrogen) atoms. The molecular weight excluding hydrogens is 400 g/mol. The third-order valence-electron chi connectivity index (χ3n) is 5.38. The summed E-state index contributed by atoms with van der Waals surface area (Å²) in [5, 5.41) is 0.604. The smallest absolute Gasteiger partial charge is 0.263 e. The van der Waals surface area contributed by atoms with Crippen molar-refractivity contribution in [1.29, 1.82) is 0 Å². The Hall–Kier alpha value is -2.53. The van der Waals surface area contributed by atoms with E-state index in [1.54, 1.807) is 41.0 Å². The first kappa shape index (κ1) is 22.2. The molecule has 0 aliphatic carbocycles. The molecule has 0 spiro atoms. The van der Waals surface area contributed by atoms with Crippen molar-refractivity contribution in [2.75, 3.05) is 26.2 Å². The third-order valence-corrected chi connectivity index (χ3v) is 5.63. The van der Waals surface area contributed by atoms with Gasteiger partial charge in [0.25, 0.3) is 11.8 Å². The Morgan fingerprint density at radius 3 is 2.23 bits per heavy atom. The van der Waals surface area contributed by atoms with Crippen LogP contribution in [-0.2, 0) is 4.79 Å². The third kappa shape index (κ3) is 5.33. The molecule has 6 heteroatoms. The van der Waals surface area contributed by atoms with Crippen LogP contribution in [0.25, 0.3) is 0 Å². The largest absolute Gasteiger partial charge is 0.481 e. The molecule has 1 aliphatic rings. The van der Waals surface area contributed by atoms with Crippen LogP contribution < -0.4 is 4.74 Å². The fourth-order valence-electron chi connectivity index (χ4n) is 3.68. The summed E-state index contributed by atoms with van der Waals surface area (Å²) in [6, 6.07) is 14.8. The van der Waals surface area contributed by atoms with Gasteiger partial charge in [0.05, 0.1) is 0 Å². The molecule has 2 aromatic rings. The van der Waals surface area contributed by atoms with Gasteiger partial charge < -0.3 is 14.5 Å². The van der Waals surface area contributed by atoms with Gasteiger partial charge in [-0.15, -0.1) is 0 Å². The van der Waals surface area contributed by atoms with E-state index in [1.165, 1.54) is 0 Å². The average Bonchev–Trinajstić information content (AvgIpc) is 2.99. The Labute approximate surface area is 183 Å². The number of carbonyl (C=O) groups excluding carboxylic acids is 2. The highest BCUT2D eigenvalue weighted by Gasteiger charge is 2.27. The summed E-state index contributed by atoms with van der Waals surface area (Å²) >= 11 is 5.92. The minimum absolute atomic E-state index is 0.0314. The lowest BCUT2D eigenvalue weighted by Crippen LogP contribution is -2.43. The van der Waals surface area contributed by atoms with Crippen molar-refractivity contribution < 1.29 is 14.3 Å². The molecule has 1 heterocycles. The number of amides is 2. The first-order valence-corrected chi connectivity index (χ1v) is 10.8. The van der Waals surface area contributed by atoms with Crippen molar-refractivity contribution in [3.8, 4) is 5.75 Å². The number of hydrogen-bond donors (Lipinski definition) is 0. The fourth-order valence-corrected chi connectivity index (χ4v) is 3.80. The second-order valence-electron chi connectivity index (χ2n) is 7.93. The highest BCUT2D eigenvalue weighted by molar-refractivity contribution is 6.30. The lowest BCUT2D eigenvalue weighted by molar-refractivity contribution is -0.137. The molecule has 3 rings (SSSR count). The quantitative estimate of drug-likeness (QED) is 0.699. The summed E-state index contributed by atoms with van der Waals surface area (Å²) in [4.78, 5) is 29.4. The highest BCUT2D eigenvalue weighted by Crippen LogP contribution is 2.27. The van der Waals surface area contributed by atoms with Crippen LogP contribution in [-0.4, -0.2) is 53.9 Å². The van der Waals surface area contributed by atoms with Crippen molar-refractivity contribution in [3.05, 3.63) is 64.7 Å². The summed E-state index contributed by atoms with van der Waals surface area (Å²) < 4.78 is 6.03. The minimum atomic E-state index is -0.580. The van der Waals surface area contributed by atoms with Crippen molar-refractivity contribution in [2.24, 2.45) is 0 Å². The van der Waals surface area contributed by atoms with Crippen LogP contribution in [0.1, 0.15) is 49.0 Å². The van der Waals surface area contributed by atoms with Crippen molar-refractivity contribution in [3.63, 3.8) is 0 Å². The van der Waals surface area contributed by atoms with Crippen molar-refractivity contribution in [1.82, 2.24) is 9.80 Å². The summed E-state index contributed by atoms with van der Waals surface area (Å²) in [5.74, 6) is 0.988. The molecule has 1 saturated heterocycles. The van der Waals surface area contributed by atoms with E-state index in [9.17, 15) is 9.59 Å². The van der Waals surface area contributed by atoms with Gasteiger partial charge in [0.15, 0.2) is 6.10 Å². The van der Waals surface area contributed by atoms with E-state index in [4.69, 9.17) is 16.3 Å². The van der Waals surface area contributed by atoms with Crippen molar-refractivity contribution >= 4 is 23.4 Å². The molecule has 0 aromatic heterocycles. The number of para-hydroxylation sites is 1. The molecule has 5 nitrogen and oxygen atoms in total. The van der Waals surface area contributed by atoms with Gasteiger partial charge in [0.2, 0.25) is 0 Å². The SMILES string of the molecule is CC(Oc1ccccc1C(C)C)C(=O)N1CCCN(C(=O)c2ccc(Cl)cc2)CC1. The van der Waals surface area contributed by atoms with Crippen LogP contribution in [0.5, 0.6) is 5.75 Å². The Morgan fingerprint density at radius 1 is 0.900 bits per heavy atom. The van der Waals surface area contributed by atoms with E-state index in [-0.39, 0.29) is 11.8 Å². The fraction of sp³-hybridized carbons (Fsp3) is 0.417. The molecule has 1 unspecified atom stereocenters. The zero-order chi connectivity index (χ0) is 21.7. The summed E-state index contributed by atoms with van der Waals surface area (Å²) in [6.45, 7) is 8.24. The summed E-state index contributed by atoms with van der Waals surface area (Å²) in [6.07, 6.45) is 0.156. The maximum atomic E-state index is 13.0. The van der Waals surface area contributed by atoms with Crippen LogP contribution in [0, 0.1) is 0 Å². The lowest BCUT2D eigenvalue weighted by Gasteiger charge is -2.26. The minimum Gasteiger partial charge on any atom is -0.481 e. The average molecular weight is 429 g/mol. The highest BCUT2D eigenvalue weighted by atomic mass is 35.5. The Balaban J connectivity index is 1.61. The second-order valence-corrected chi connectivity index (χ2v) is 8.37. The zero-order valence-electron chi connectivity index (χ0n) is 17.8. The molecule has 160 valence electrons. The predicted octanol–water partition coefficient (Wildman–Crippen LogP) is 4.61. The standard InChI is InChI=1S/C24H29ClN2O3/c1-17(2)21-7-4-5-8-22(21)30-18(3)23(28)26-13-6-14-27(16-15-26)24(29)19-9-11-20(25)12-10-19/h4-5,7-12,17-18H,6,13-16H2,1-3H3. The number of nitrogens with zero attached hydrogens (tertiary/aromatic N) is 2. The Bertz CT molecular complexity index is 882. The summed E-state index contributed by atoms with van der Waals surface area (Å²) in [5.41, 5.74) is 1.70. The van der Waals surface area contributed by atoms with Gasteiger partial charge in [-0.1, -0.05) is 43.6 Å². The molecular formula is C24H29ClN2O3. The van der Waals surface area contributed by atoms with Gasteiger partial charge in [0.1, 0.15) is 5.75 Å². The first-order chi connectivity index (χ1) is 14.4. The Kier molecular flexibility index (Phi) is 7.38. The van der Waals surface area contributed by atoms with Crippen LogP contribution in [0.15, 0.2) is 48.5 Å². The lowest BCUT2D eigenvalue weighted by atomic mass is 10.0. The van der Waals surface area contributed by atoms with Crippen LogP contribution >= 0.6 is 11.6 Å². The van der Waals surface area contributed by atoms with Gasteiger partial charge in [-0.25, -0.2) is 0 Å². The number of rotatable bonds is 5. The molecule has 0 N–H and O–H groups in total. The van der Waals surface area contributed by atoms with Gasteiger partial charge in [0, 0.05) is 36.8 Å². The molecule has 1 atom stereocenters. The van der Waals surface area contributed by atoms with Gasteiger partial charge >= 0.3 is 0 Å². The molecule has 2 amide bonds. The van der Waals surface area contributed by atoms with Gasteiger partial charge in [-0.3, -0.25) is 9.59 Å². The second kappa shape index (κ2) is 9.98. The molecule has 0 radical (unpaired) electrons. The van der Waals surface area contributed by atoms with E-state index in [2.05, 4.69) is 13.8 Å². The predicted molar refractivity (Wildman–Crippen MR) is 119 cm³/mol. The van der Waals surface area contributed by atoms with E-state index < -0.39 is 6.10 Å². The summed E-state index contributed by atoms with van der Waals surface area (Å²) in [7, 11) is 0. The van der Waals surface area contributed by atoms with E-state index in [0.717, 1.165) is 17.7 Å². The van der Waals surface area contributed by atoms with E-state index in [0.29, 0.717) is 42.7 Å². The molecule has 2 aromatic carbocycles. The maximum absolute atomic E-state index is 13.0. The van der Waals surface area contributed by atoms with E-state index >= 15 is 0 Å². The van der Waals surface area contributed by atoms with E-state index in [1.807, 2.05) is 24.3 Å².